The molecule has 13 nitrogen and oxygen atoms in total. The van der Waals surface area contributed by atoms with E-state index in [2.05, 4.69) is 25.4 Å². The van der Waals surface area contributed by atoms with Gasteiger partial charge in [-0.15, -0.1) is 5.10 Å². The number of methoxy groups -OCH3 is 1. The zero-order valence-corrected chi connectivity index (χ0v) is 29.0. The van der Waals surface area contributed by atoms with Crippen LogP contribution in [0.2, 0.25) is 0 Å². The maximum absolute atomic E-state index is 16.7. The fourth-order valence-electron chi connectivity index (χ4n) is 7.00. The molecule has 1 fully saturated rings. The molecule has 0 bridgehead atoms. The van der Waals surface area contributed by atoms with Crippen molar-refractivity contribution in [2.75, 3.05) is 51.3 Å². The van der Waals surface area contributed by atoms with Gasteiger partial charge < -0.3 is 24.4 Å². The van der Waals surface area contributed by atoms with E-state index in [9.17, 15) is 14.0 Å². The van der Waals surface area contributed by atoms with Crippen molar-refractivity contribution >= 4 is 34.1 Å². The van der Waals surface area contributed by atoms with Crippen LogP contribution in [-0.4, -0.2) is 103 Å². The van der Waals surface area contributed by atoms with Gasteiger partial charge in [-0.05, 0) is 41.8 Å². The molecule has 0 spiro atoms. The number of halogens is 2. The Morgan fingerprint density at radius 2 is 1.79 bits per heavy atom. The number of aromatic nitrogens is 7. The highest BCUT2D eigenvalue weighted by molar-refractivity contribution is 6.04. The molecule has 15 heteroatoms. The number of ether oxygens (including phenoxy) is 1. The average Bonchev–Trinajstić information content (AvgIpc) is 4.00. The van der Waals surface area contributed by atoms with E-state index in [1.807, 2.05) is 47.5 Å². The number of carbonyl (C=O) groups excluding carboxylic acids is 2. The zero-order chi connectivity index (χ0) is 36.5. The summed E-state index contributed by atoms with van der Waals surface area (Å²) < 4.78 is 39.2. The lowest BCUT2D eigenvalue weighted by Crippen LogP contribution is -2.49. The zero-order valence-electron chi connectivity index (χ0n) is 29.0. The molecule has 0 atom stereocenters. The molecule has 1 saturated heterocycles. The van der Waals surface area contributed by atoms with Crippen LogP contribution in [0.4, 0.5) is 14.6 Å². The molecule has 6 heterocycles. The third kappa shape index (κ3) is 6.72. The van der Waals surface area contributed by atoms with Crippen LogP contribution in [0.1, 0.15) is 28.9 Å². The summed E-state index contributed by atoms with van der Waals surface area (Å²) >= 11 is 0. The maximum Gasteiger partial charge on any atom is 0.270 e. The molecule has 2 aliphatic rings. The molecule has 8 rings (SSSR count). The lowest BCUT2D eigenvalue weighted by atomic mass is 9.94. The van der Waals surface area contributed by atoms with E-state index in [1.54, 1.807) is 49.9 Å². The number of fused-ring (bicyclic) bond motifs is 1. The Balaban J connectivity index is 1.10. The Hall–Kier alpha value is -6.38. The standard InChI is InChI=1S/C38H36F2N10O3/c1-53-33-18-27(39)22-41-37(33)46-14-16-47(17-15-46)38(52)32-20-31-29(26-21-43-50(24-26)28-7-3-2-4-8-28)19-30(35(40)36(31)44-32)25-6-5-11-48(23-25)34(51)9-12-49-13-10-42-45-49/h2-4,6-8,10,13,18-22,24,44H,5,9,11-12,14-17,23H2,1H3. The number of para-hydroxylation sites is 1. The number of rotatable bonds is 9. The molecule has 2 aliphatic heterocycles. The third-order valence-electron chi connectivity index (χ3n) is 9.76. The maximum atomic E-state index is 16.7. The lowest BCUT2D eigenvalue weighted by Gasteiger charge is -2.35. The van der Waals surface area contributed by atoms with E-state index < -0.39 is 11.6 Å². The highest BCUT2D eigenvalue weighted by atomic mass is 19.1. The second kappa shape index (κ2) is 14.3. The summed E-state index contributed by atoms with van der Waals surface area (Å²) in [6.45, 7) is 2.81. The molecule has 0 unspecified atom stereocenters. The molecule has 6 aromatic rings. The van der Waals surface area contributed by atoms with Gasteiger partial charge in [0.2, 0.25) is 5.91 Å². The van der Waals surface area contributed by atoms with Crippen molar-refractivity contribution in [3.05, 3.63) is 108 Å². The first-order valence-corrected chi connectivity index (χ1v) is 17.4. The van der Waals surface area contributed by atoms with Crippen LogP contribution in [-0.2, 0) is 11.3 Å². The first-order valence-electron chi connectivity index (χ1n) is 17.4. The number of piperazine rings is 1. The van der Waals surface area contributed by atoms with E-state index in [1.165, 1.54) is 13.2 Å². The molecular weight excluding hydrogens is 682 g/mol. The topological polar surface area (TPSA) is 130 Å². The van der Waals surface area contributed by atoms with Gasteiger partial charge in [-0.25, -0.2) is 18.4 Å². The van der Waals surface area contributed by atoms with E-state index in [4.69, 9.17) is 4.74 Å². The number of hydrogen-bond donors (Lipinski definition) is 1. The predicted molar refractivity (Wildman–Crippen MR) is 193 cm³/mol. The van der Waals surface area contributed by atoms with Crippen LogP contribution in [0.15, 0.2) is 85.6 Å². The molecule has 2 aromatic carbocycles. The Kier molecular flexibility index (Phi) is 9.12. The second-order valence-corrected chi connectivity index (χ2v) is 13.0. The van der Waals surface area contributed by atoms with Gasteiger partial charge in [-0.1, -0.05) is 29.5 Å². The van der Waals surface area contributed by atoms with Crippen LogP contribution < -0.4 is 9.64 Å². The van der Waals surface area contributed by atoms with Crippen molar-refractivity contribution in [1.29, 1.82) is 0 Å². The third-order valence-corrected chi connectivity index (χ3v) is 9.76. The predicted octanol–water partition coefficient (Wildman–Crippen LogP) is 4.96. The monoisotopic (exact) mass is 718 g/mol. The normalized spacial score (nSPS) is 14.8. The molecule has 53 heavy (non-hydrogen) atoms. The van der Waals surface area contributed by atoms with Gasteiger partial charge in [0, 0.05) is 80.7 Å². The number of aryl methyl sites for hydroxylation is 1. The minimum Gasteiger partial charge on any atom is -0.493 e. The Morgan fingerprint density at radius 3 is 2.57 bits per heavy atom. The minimum absolute atomic E-state index is 0.0570. The molecule has 1 N–H and O–H groups in total. The Bertz CT molecular complexity index is 2310. The fraction of sp³-hybridized carbons (Fsp3) is 0.263. The van der Waals surface area contributed by atoms with Gasteiger partial charge in [0.05, 0.1) is 43.4 Å². The lowest BCUT2D eigenvalue weighted by molar-refractivity contribution is -0.131. The number of nitrogens with zero attached hydrogens (tertiary/aromatic N) is 9. The van der Waals surface area contributed by atoms with E-state index in [0.717, 1.165) is 17.4 Å². The van der Waals surface area contributed by atoms with Crippen molar-refractivity contribution < 1.29 is 23.1 Å². The molecule has 2 amide bonds. The number of amides is 2. The number of aromatic amines is 1. The Labute approximate surface area is 303 Å². The van der Waals surface area contributed by atoms with Crippen molar-refractivity contribution in [3.63, 3.8) is 0 Å². The number of pyridine rings is 1. The molecule has 0 saturated carbocycles. The van der Waals surface area contributed by atoms with Gasteiger partial charge in [-0.2, -0.15) is 5.10 Å². The van der Waals surface area contributed by atoms with Gasteiger partial charge in [0.1, 0.15) is 11.5 Å². The number of benzene rings is 2. The summed E-state index contributed by atoms with van der Waals surface area (Å²) in [6.07, 6.45) is 10.8. The second-order valence-electron chi connectivity index (χ2n) is 13.0. The smallest absolute Gasteiger partial charge is 0.270 e. The quantitative estimate of drug-likeness (QED) is 0.222. The first kappa shape index (κ1) is 33.7. The van der Waals surface area contributed by atoms with Gasteiger partial charge in [0.15, 0.2) is 17.4 Å². The fourth-order valence-corrected chi connectivity index (χ4v) is 7.00. The van der Waals surface area contributed by atoms with Gasteiger partial charge in [-0.3, -0.25) is 14.3 Å². The first-order chi connectivity index (χ1) is 25.9. The van der Waals surface area contributed by atoms with Crippen LogP contribution in [0.25, 0.3) is 33.3 Å². The molecule has 0 radical (unpaired) electrons. The summed E-state index contributed by atoms with van der Waals surface area (Å²) in [5.74, 6) is -0.492. The SMILES string of the molecule is COc1cc(F)cnc1N1CCN(C(=O)c2cc3c(-c4cnn(-c5ccccc5)c4)cc(C4=CCCN(C(=O)CCn5ccnn5)C4)c(F)c3[nH]2)CC1. The highest BCUT2D eigenvalue weighted by Gasteiger charge is 2.29. The van der Waals surface area contributed by atoms with Crippen LogP contribution >= 0.6 is 0 Å². The van der Waals surface area contributed by atoms with Crippen molar-refractivity contribution in [3.8, 4) is 22.6 Å². The minimum atomic E-state index is -0.499. The summed E-state index contributed by atoms with van der Waals surface area (Å²) in [7, 11) is 1.46. The van der Waals surface area contributed by atoms with Crippen LogP contribution in [0.5, 0.6) is 5.75 Å². The van der Waals surface area contributed by atoms with Crippen molar-refractivity contribution in [2.24, 2.45) is 0 Å². The van der Waals surface area contributed by atoms with E-state index >= 15 is 4.39 Å². The number of carbonyl (C=O) groups is 2. The van der Waals surface area contributed by atoms with E-state index in [-0.39, 0.29) is 36.0 Å². The van der Waals surface area contributed by atoms with E-state index in [0.29, 0.717) is 79.3 Å². The molecule has 0 aliphatic carbocycles. The Morgan fingerprint density at radius 1 is 0.962 bits per heavy atom. The molecular formula is C38H36F2N10O3. The number of H-pyrrole nitrogens is 1. The number of anilines is 1. The largest absolute Gasteiger partial charge is 0.493 e. The highest BCUT2D eigenvalue weighted by Crippen LogP contribution is 2.37. The number of nitrogens with one attached hydrogen (secondary N) is 1. The summed E-state index contributed by atoms with van der Waals surface area (Å²) in [5, 5.41) is 12.9. The average molecular weight is 719 g/mol. The van der Waals surface area contributed by atoms with Crippen molar-refractivity contribution in [1.82, 2.24) is 44.5 Å². The number of hydrogen-bond acceptors (Lipinski definition) is 8. The molecule has 4 aromatic heterocycles. The van der Waals surface area contributed by atoms with Gasteiger partial charge >= 0.3 is 0 Å². The van der Waals surface area contributed by atoms with Crippen LogP contribution in [0, 0.1) is 11.6 Å². The van der Waals surface area contributed by atoms with Crippen molar-refractivity contribution in [2.45, 2.75) is 19.4 Å². The van der Waals surface area contributed by atoms with Gasteiger partial charge in [0.25, 0.3) is 5.91 Å². The molecule has 270 valence electrons. The van der Waals surface area contributed by atoms with Crippen LogP contribution in [0.3, 0.4) is 0 Å². The summed E-state index contributed by atoms with van der Waals surface area (Å²) in [4.78, 5) is 39.9. The summed E-state index contributed by atoms with van der Waals surface area (Å²) in [6, 6.07) is 14.4. The summed E-state index contributed by atoms with van der Waals surface area (Å²) in [5.41, 5.74) is 3.79.